The van der Waals surface area contributed by atoms with Gasteiger partial charge in [-0.05, 0) is 43.2 Å². The maximum atomic E-state index is 13.1. The number of rotatable bonds is 5. The van der Waals surface area contributed by atoms with Crippen LogP contribution in [-0.2, 0) is 22.6 Å². The van der Waals surface area contributed by atoms with Crippen molar-refractivity contribution in [3.8, 4) is 0 Å². The van der Waals surface area contributed by atoms with Crippen molar-refractivity contribution >= 4 is 11.8 Å². The van der Waals surface area contributed by atoms with Gasteiger partial charge in [0.15, 0.2) is 0 Å². The van der Waals surface area contributed by atoms with Crippen LogP contribution in [0.5, 0.6) is 0 Å². The first-order valence-electron chi connectivity index (χ1n) is 9.39. The highest BCUT2D eigenvalue weighted by atomic mass is 16.3. The molecule has 0 aliphatic carbocycles. The molecule has 0 saturated carbocycles. The number of hydrogen-bond acceptors (Lipinski definition) is 3. The number of benzene rings is 1. The zero-order valence-electron chi connectivity index (χ0n) is 15.0. The molecule has 1 aromatic carbocycles. The second-order valence-corrected chi connectivity index (χ2v) is 7.23. The monoisotopic (exact) mass is 344 g/mol. The Labute approximate surface area is 149 Å². The van der Waals surface area contributed by atoms with Gasteiger partial charge in [-0.3, -0.25) is 9.59 Å². The van der Waals surface area contributed by atoms with Crippen molar-refractivity contribution in [2.75, 3.05) is 19.6 Å². The van der Waals surface area contributed by atoms with Gasteiger partial charge in [0.1, 0.15) is 5.54 Å². The SMILES string of the molecule is CCCN1CCCC2(CCCN2C(=O)Cc2ccc(CO)cc2)C1=O. The summed E-state index contributed by atoms with van der Waals surface area (Å²) in [6.45, 7) is 4.37. The Balaban J connectivity index is 1.75. The van der Waals surface area contributed by atoms with Crippen LogP contribution >= 0.6 is 0 Å². The van der Waals surface area contributed by atoms with Gasteiger partial charge in [0.2, 0.25) is 11.8 Å². The van der Waals surface area contributed by atoms with Gasteiger partial charge in [-0.25, -0.2) is 0 Å². The fraction of sp³-hybridized carbons (Fsp3) is 0.600. The predicted octanol–water partition coefficient (Wildman–Crippen LogP) is 2.12. The number of piperidine rings is 1. The van der Waals surface area contributed by atoms with E-state index in [1.807, 2.05) is 34.1 Å². The molecule has 2 fully saturated rings. The van der Waals surface area contributed by atoms with Gasteiger partial charge < -0.3 is 14.9 Å². The predicted molar refractivity (Wildman–Crippen MR) is 95.9 cm³/mol. The number of aliphatic hydroxyl groups excluding tert-OH is 1. The zero-order valence-corrected chi connectivity index (χ0v) is 15.0. The minimum absolute atomic E-state index is 0.00519. The van der Waals surface area contributed by atoms with Crippen LogP contribution < -0.4 is 0 Å². The number of nitrogens with zero attached hydrogens (tertiary/aromatic N) is 2. The molecule has 0 radical (unpaired) electrons. The summed E-state index contributed by atoms with van der Waals surface area (Å²) >= 11 is 0. The van der Waals surface area contributed by atoms with Crippen LogP contribution in [0, 0.1) is 0 Å². The average molecular weight is 344 g/mol. The molecular weight excluding hydrogens is 316 g/mol. The van der Waals surface area contributed by atoms with E-state index in [0.717, 1.165) is 56.3 Å². The minimum atomic E-state index is -0.602. The average Bonchev–Trinajstić information content (AvgIpc) is 3.04. The van der Waals surface area contributed by atoms with Crippen LogP contribution in [0.15, 0.2) is 24.3 Å². The van der Waals surface area contributed by atoms with E-state index in [4.69, 9.17) is 5.11 Å². The molecule has 0 aromatic heterocycles. The lowest BCUT2D eigenvalue weighted by Crippen LogP contribution is -2.61. The lowest BCUT2D eigenvalue weighted by atomic mass is 9.85. The highest BCUT2D eigenvalue weighted by Crippen LogP contribution is 2.38. The summed E-state index contributed by atoms with van der Waals surface area (Å²) in [7, 11) is 0. The fourth-order valence-electron chi connectivity index (χ4n) is 4.31. The molecular formula is C20H28N2O3. The Bertz CT molecular complexity index is 626. The summed E-state index contributed by atoms with van der Waals surface area (Å²) in [5, 5.41) is 9.13. The van der Waals surface area contributed by atoms with Crippen molar-refractivity contribution in [2.24, 2.45) is 0 Å². The fourth-order valence-corrected chi connectivity index (χ4v) is 4.31. The van der Waals surface area contributed by atoms with Crippen LogP contribution in [0.25, 0.3) is 0 Å². The number of carbonyl (C=O) groups excluding carboxylic acids is 2. The smallest absolute Gasteiger partial charge is 0.248 e. The van der Waals surface area contributed by atoms with E-state index in [0.29, 0.717) is 13.0 Å². The molecule has 5 nitrogen and oxygen atoms in total. The van der Waals surface area contributed by atoms with Crippen LogP contribution in [0.3, 0.4) is 0 Å². The zero-order chi connectivity index (χ0) is 17.9. The Morgan fingerprint density at radius 3 is 2.40 bits per heavy atom. The van der Waals surface area contributed by atoms with E-state index in [1.54, 1.807) is 0 Å². The van der Waals surface area contributed by atoms with Crippen LogP contribution in [0.2, 0.25) is 0 Å². The Morgan fingerprint density at radius 2 is 1.76 bits per heavy atom. The molecule has 136 valence electrons. The maximum Gasteiger partial charge on any atom is 0.248 e. The minimum Gasteiger partial charge on any atom is -0.392 e. The maximum absolute atomic E-state index is 13.1. The van der Waals surface area contributed by atoms with Gasteiger partial charge in [-0.2, -0.15) is 0 Å². The summed E-state index contributed by atoms with van der Waals surface area (Å²) in [5.41, 5.74) is 1.17. The van der Waals surface area contributed by atoms with Crippen molar-refractivity contribution < 1.29 is 14.7 Å². The molecule has 5 heteroatoms. The number of carbonyl (C=O) groups is 2. The molecule has 1 atom stereocenters. The first kappa shape index (κ1) is 17.9. The molecule has 1 spiro atoms. The number of aliphatic hydroxyl groups is 1. The molecule has 1 aromatic rings. The molecule has 2 heterocycles. The Kier molecular flexibility index (Phi) is 5.42. The van der Waals surface area contributed by atoms with Crippen molar-refractivity contribution in [1.29, 1.82) is 0 Å². The molecule has 0 bridgehead atoms. The summed E-state index contributed by atoms with van der Waals surface area (Å²) in [6, 6.07) is 7.46. The lowest BCUT2D eigenvalue weighted by molar-refractivity contribution is -0.155. The van der Waals surface area contributed by atoms with Gasteiger partial charge >= 0.3 is 0 Å². The second-order valence-electron chi connectivity index (χ2n) is 7.23. The molecule has 1 unspecified atom stereocenters. The Hall–Kier alpha value is -1.88. The van der Waals surface area contributed by atoms with E-state index in [9.17, 15) is 9.59 Å². The second kappa shape index (κ2) is 7.56. The molecule has 3 rings (SSSR count). The molecule has 1 N–H and O–H groups in total. The highest BCUT2D eigenvalue weighted by Gasteiger charge is 2.52. The van der Waals surface area contributed by atoms with Crippen molar-refractivity contribution in [3.05, 3.63) is 35.4 Å². The number of amides is 2. The standard InChI is InChI=1S/C20H28N2O3/c1-2-11-21-12-3-9-20(19(21)25)10-4-13-22(20)18(24)14-16-5-7-17(15-23)8-6-16/h5-8,23H,2-4,9-15H2,1H3. The van der Waals surface area contributed by atoms with Gasteiger partial charge in [-0.1, -0.05) is 31.2 Å². The van der Waals surface area contributed by atoms with Crippen molar-refractivity contribution in [3.63, 3.8) is 0 Å². The Morgan fingerprint density at radius 1 is 1.12 bits per heavy atom. The van der Waals surface area contributed by atoms with Gasteiger partial charge in [0, 0.05) is 19.6 Å². The summed E-state index contributed by atoms with van der Waals surface area (Å²) in [6.07, 6.45) is 4.73. The topological polar surface area (TPSA) is 60.9 Å². The molecule has 2 amide bonds. The van der Waals surface area contributed by atoms with Crippen molar-refractivity contribution in [2.45, 2.75) is 57.6 Å². The van der Waals surface area contributed by atoms with E-state index in [1.165, 1.54) is 0 Å². The third kappa shape index (κ3) is 3.43. The van der Waals surface area contributed by atoms with Crippen LogP contribution in [0.4, 0.5) is 0 Å². The number of likely N-dealkylation sites (tertiary alicyclic amines) is 2. The number of hydrogen-bond donors (Lipinski definition) is 1. The van der Waals surface area contributed by atoms with Gasteiger partial charge in [0.25, 0.3) is 0 Å². The molecule has 2 aliphatic heterocycles. The van der Waals surface area contributed by atoms with E-state index in [-0.39, 0.29) is 18.4 Å². The van der Waals surface area contributed by atoms with Crippen LogP contribution in [0.1, 0.15) is 50.2 Å². The lowest BCUT2D eigenvalue weighted by Gasteiger charge is -2.44. The van der Waals surface area contributed by atoms with Gasteiger partial charge in [-0.15, -0.1) is 0 Å². The summed E-state index contributed by atoms with van der Waals surface area (Å²) in [5.74, 6) is 0.197. The molecule has 25 heavy (non-hydrogen) atoms. The quantitative estimate of drug-likeness (QED) is 0.890. The first-order chi connectivity index (χ1) is 12.1. The first-order valence-corrected chi connectivity index (χ1v) is 9.39. The van der Waals surface area contributed by atoms with Gasteiger partial charge in [0.05, 0.1) is 13.0 Å². The van der Waals surface area contributed by atoms with E-state index in [2.05, 4.69) is 6.92 Å². The third-order valence-corrected chi connectivity index (χ3v) is 5.55. The van der Waals surface area contributed by atoms with Crippen molar-refractivity contribution in [1.82, 2.24) is 9.80 Å². The van der Waals surface area contributed by atoms with Crippen LogP contribution in [-0.4, -0.2) is 51.9 Å². The molecule has 2 saturated heterocycles. The van der Waals surface area contributed by atoms with E-state index >= 15 is 0 Å². The largest absolute Gasteiger partial charge is 0.392 e. The normalized spacial score (nSPS) is 23.5. The van der Waals surface area contributed by atoms with E-state index < -0.39 is 5.54 Å². The molecule has 2 aliphatic rings. The summed E-state index contributed by atoms with van der Waals surface area (Å²) in [4.78, 5) is 29.9. The third-order valence-electron chi connectivity index (χ3n) is 5.55. The summed E-state index contributed by atoms with van der Waals surface area (Å²) < 4.78 is 0. The highest BCUT2D eigenvalue weighted by molar-refractivity contribution is 5.93.